The SMILES string of the molecule is CCCN1CCC2(CCN(S(=O)(=O)c3sc4ccc(C#N)cc4c3C)C2)C1=O. The van der Waals surface area contributed by atoms with Crippen molar-refractivity contribution in [3.05, 3.63) is 29.3 Å². The van der Waals surface area contributed by atoms with E-state index in [0.717, 1.165) is 36.0 Å². The van der Waals surface area contributed by atoms with Crippen molar-refractivity contribution >= 4 is 37.4 Å². The van der Waals surface area contributed by atoms with E-state index < -0.39 is 15.4 Å². The Morgan fingerprint density at radius 2 is 2.04 bits per heavy atom. The fraction of sp³-hybridized carbons (Fsp3) is 0.500. The first-order valence-electron chi connectivity index (χ1n) is 9.55. The number of carbonyl (C=O) groups is 1. The van der Waals surface area contributed by atoms with Crippen molar-refractivity contribution < 1.29 is 13.2 Å². The molecule has 6 nitrogen and oxygen atoms in total. The van der Waals surface area contributed by atoms with Crippen LogP contribution in [0.1, 0.15) is 37.3 Å². The minimum absolute atomic E-state index is 0.110. The first kappa shape index (κ1) is 19.4. The quantitative estimate of drug-likeness (QED) is 0.765. The van der Waals surface area contributed by atoms with Crippen LogP contribution in [0.2, 0.25) is 0 Å². The number of sulfonamides is 1. The summed E-state index contributed by atoms with van der Waals surface area (Å²) < 4.78 is 29.4. The Morgan fingerprint density at radius 3 is 2.75 bits per heavy atom. The molecule has 3 heterocycles. The molecule has 28 heavy (non-hydrogen) atoms. The third kappa shape index (κ3) is 2.84. The second-order valence-corrected chi connectivity index (χ2v) is 10.9. The number of thiophene rings is 1. The Hall–Kier alpha value is -1.95. The van der Waals surface area contributed by atoms with E-state index in [1.165, 1.54) is 15.6 Å². The lowest BCUT2D eigenvalue weighted by Gasteiger charge is -2.23. The average molecular weight is 418 g/mol. The molecule has 0 saturated carbocycles. The predicted molar refractivity (Wildman–Crippen MR) is 109 cm³/mol. The highest BCUT2D eigenvalue weighted by Gasteiger charge is 2.53. The Bertz CT molecular complexity index is 1100. The average Bonchev–Trinajstić information content (AvgIpc) is 3.35. The zero-order chi connectivity index (χ0) is 20.1. The molecular weight excluding hydrogens is 394 g/mol. The van der Waals surface area contributed by atoms with Gasteiger partial charge in [0.2, 0.25) is 5.91 Å². The number of benzene rings is 1. The fourth-order valence-corrected chi connectivity index (χ4v) is 7.83. The number of hydrogen-bond donors (Lipinski definition) is 0. The molecule has 0 aliphatic carbocycles. The lowest BCUT2D eigenvalue weighted by Crippen LogP contribution is -2.38. The van der Waals surface area contributed by atoms with Gasteiger partial charge in [-0.2, -0.15) is 9.57 Å². The normalized spacial score (nSPS) is 23.2. The van der Waals surface area contributed by atoms with E-state index in [1.807, 2.05) is 11.8 Å². The number of hydrogen-bond acceptors (Lipinski definition) is 5. The molecule has 0 bridgehead atoms. The number of nitrogens with zero attached hydrogens (tertiary/aromatic N) is 3. The van der Waals surface area contributed by atoms with Crippen LogP contribution in [0.15, 0.2) is 22.4 Å². The van der Waals surface area contributed by atoms with Crippen LogP contribution < -0.4 is 0 Å². The molecule has 4 rings (SSSR count). The van der Waals surface area contributed by atoms with Crippen LogP contribution in [-0.2, 0) is 14.8 Å². The molecule has 2 fully saturated rings. The molecule has 1 atom stereocenters. The van der Waals surface area contributed by atoms with Crippen molar-refractivity contribution in [1.82, 2.24) is 9.21 Å². The first-order chi connectivity index (χ1) is 13.3. The van der Waals surface area contributed by atoms with Gasteiger partial charge in [-0.25, -0.2) is 8.42 Å². The molecule has 2 saturated heterocycles. The van der Waals surface area contributed by atoms with Crippen LogP contribution in [0.5, 0.6) is 0 Å². The monoisotopic (exact) mass is 417 g/mol. The summed E-state index contributed by atoms with van der Waals surface area (Å²) in [4.78, 5) is 14.8. The molecule has 148 valence electrons. The first-order valence-corrected chi connectivity index (χ1v) is 11.8. The second-order valence-electron chi connectivity index (χ2n) is 7.75. The highest BCUT2D eigenvalue weighted by atomic mass is 32.2. The summed E-state index contributed by atoms with van der Waals surface area (Å²) in [6, 6.07) is 7.36. The minimum atomic E-state index is -3.67. The molecule has 2 aliphatic rings. The number of fused-ring (bicyclic) bond motifs is 1. The number of nitriles is 1. The zero-order valence-electron chi connectivity index (χ0n) is 16.1. The molecule has 0 N–H and O–H groups in total. The van der Waals surface area contributed by atoms with Crippen molar-refractivity contribution in [1.29, 1.82) is 5.26 Å². The van der Waals surface area contributed by atoms with E-state index in [4.69, 9.17) is 5.26 Å². The number of likely N-dealkylation sites (tertiary alicyclic amines) is 1. The topological polar surface area (TPSA) is 81.5 Å². The summed E-state index contributed by atoms with van der Waals surface area (Å²) in [5, 5.41) is 9.93. The van der Waals surface area contributed by atoms with Gasteiger partial charge in [0.25, 0.3) is 10.0 Å². The van der Waals surface area contributed by atoms with Crippen LogP contribution in [0.25, 0.3) is 10.1 Å². The van der Waals surface area contributed by atoms with Gasteiger partial charge in [0.15, 0.2) is 0 Å². The van der Waals surface area contributed by atoms with Gasteiger partial charge in [0.05, 0.1) is 17.0 Å². The third-order valence-electron chi connectivity index (χ3n) is 6.01. The molecule has 1 spiro atoms. The highest BCUT2D eigenvalue weighted by Crippen LogP contribution is 2.44. The Labute approximate surface area is 169 Å². The lowest BCUT2D eigenvalue weighted by atomic mass is 9.86. The predicted octanol–water partition coefficient (Wildman–Crippen LogP) is 3.10. The van der Waals surface area contributed by atoms with E-state index >= 15 is 0 Å². The molecule has 2 aliphatic heterocycles. The van der Waals surface area contributed by atoms with Gasteiger partial charge in [-0.1, -0.05) is 6.92 Å². The number of carbonyl (C=O) groups excluding carboxylic acids is 1. The molecule has 1 aromatic carbocycles. The maximum Gasteiger partial charge on any atom is 0.252 e. The van der Waals surface area contributed by atoms with Crippen molar-refractivity contribution in [2.45, 2.75) is 37.3 Å². The molecule has 1 unspecified atom stereocenters. The summed E-state index contributed by atoms with van der Waals surface area (Å²) in [7, 11) is -3.67. The van der Waals surface area contributed by atoms with Gasteiger partial charge >= 0.3 is 0 Å². The maximum atomic E-state index is 13.4. The summed E-state index contributed by atoms with van der Waals surface area (Å²) >= 11 is 1.24. The summed E-state index contributed by atoms with van der Waals surface area (Å²) in [6.45, 7) is 5.95. The third-order valence-corrected chi connectivity index (χ3v) is 9.72. The Balaban J connectivity index is 1.65. The van der Waals surface area contributed by atoms with Gasteiger partial charge in [0, 0.05) is 30.9 Å². The second kappa shape index (κ2) is 6.83. The lowest BCUT2D eigenvalue weighted by molar-refractivity contribution is -0.135. The van der Waals surface area contributed by atoms with E-state index in [2.05, 4.69) is 6.07 Å². The van der Waals surface area contributed by atoms with Crippen molar-refractivity contribution in [2.24, 2.45) is 5.41 Å². The van der Waals surface area contributed by atoms with Crippen LogP contribution in [0.3, 0.4) is 0 Å². The highest BCUT2D eigenvalue weighted by molar-refractivity contribution is 7.91. The van der Waals surface area contributed by atoms with Gasteiger partial charge in [0.1, 0.15) is 4.21 Å². The van der Waals surface area contributed by atoms with Crippen molar-refractivity contribution in [3.63, 3.8) is 0 Å². The van der Waals surface area contributed by atoms with Crippen LogP contribution >= 0.6 is 11.3 Å². The molecule has 1 aromatic heterocycles. The van der Waals surface area contributed by atoms with Crippen LogP contribution in [0, 0.1) is 23.7 Å². The van der Waals surface area contributed by atoms with Crippen molar-refractivity contribution in [3.8, 4) is 6.07 Å². The van der Waals surface area contributed by atoms with E-state index in [9.17, 15) is 13.2 Å². The van der Waals surface area contributed by atoms with Gasteiger partial charge in [-0.05, 0) is 55.3 Å². The largest absolute Gasteiger partial charge is 0.342 e. The Kier molecular flexibility index (Phi) is 4.73. The molecule has 2 aromatic rings. The zero-order valence-corrected chi connectivity index (χ0v) is 17.7. The summed E-state index contributed by atoms with van der Waals surface area (Å²) in [6.07, 6.45) is 2.23. The van der Waals surface area contributed by atoms with Crippen molar-refractivity contribution in [2.75, 3.05) is 26.2 Å². The number of aryl methyl sites for hydroxylation is 1. The molecule has 0 radical (unpaired) electrons. The molecular formula is C20H23N3O3S2. The van der Waals surface area contributed by atoms with E-state index in [0.29, 0.717) is 28.3 Å². The van der Waals surface area contributed by atoms with Gasteiger partial charge < -0.3 is 4.90 Å². The van der Waals surface area contributed by atoms with Crippen LogP contribution in [0.4, 0.5) is 0 Å². The van der Waals surface area contributed by atoms with E-state index in [1.54, 1.807) is 25.1 Å². The molecule has 8 heteroatoms. The van der Waals surface area contributed by atoms with Gasteiger partial charge in [-0.3, -0.25) is 4.79 Å². The summed E-state index contributed by atoms with van der Waals surface area (Å²) in [5.41, 5.74) is 0.648. The molecule has 1 amide bonds. The maximum absolute atomic E-state index is 13.4. The van der Waals surface area contributed by atoms with Crippen LogP contribution in [-0.4, -0.2) is 49.7 Å². The summed E-state index contributed by atoms with van der Waals surface area (Å²) in [5.74, 6) is 0.110. The number of rotatable bonds is 4. The standard InChI is InChI=1S/C20H23N3O3S2/c1-3-8-22-9-6-20(19(22)24)7-10-23(13-20)28(25,26)18-14(2)16-11-15(12-21)4-5-17(16)27-18/h4-5,11H,3,6-10,13H2,1-2H3. The van der Waals surface area contributed by atoms with E-state index in [-0.39, 0.29) is 12.5 Å². The smallest absolute Gasteiger partial charge is 0.252 e. The number of amides is 1. The van der Waals surface area contributed by atoms with Gasteiger partial charge in [-0.15, -0.1) is 11.3 Å². The fourth-order valence-electron chi connectivity index (χ4n) is 4.43. The minimum Gasteiger partial charge on any atom is -0.342 e. The Morgan fingerprint density at radius 1 is 1.29 bits per heavy atom.